The number of rotatable bonds is 7. The number of anilines is 1. The second-order valence-electron chi connectivity index (χ2n) is 6.59. The van der Waals surface area contributed by atoms with Gasteiger partial charge in [0, 0.05) is 5.25 Å². The minimum absolute atomic E-state index is 0.0989. The van der Waals surface area contributed by atoms with Gasteiger partial charge in [-0.05, 0) is 42.8 Å². The van der Waals surface area contributed by atoms with Crippen molar-refractivity contribution in [3.8, 4) is 5.75 Å². The minimum Gasteiger partial charge on any atom is -0.495 e. The highest BCUT2D eigenvalue weighted by atomic mass is 32.2. The van der Waals surface area contributed by atoms with Crippen molar-refractivity contribution in [2.75, 3.05) is 11.8 Å². The molecule has 0 aliphatic heterocycles. The maximum atomic E-state index is 12.9. The van der Waals surface area contributed by atoms with Crippen LogP contribution >= 0.6 is 11.8 Å². The molecule has 154 valence electrons. The van der Waals surface area contributed by atoms with Crippen LogP contribution in [0.2, 0.25) is 0 Å². The van der Waals surface area contributed by atoms with E-state index in [9.17, 15) is 8.42 Å². The standard InChI is InChI=1S/C22H20N2O4S2/c1-15(16-8-4-3-5-9-16)29-22-23-19-14-17(12-13-21(19)28-22)30(25,26)24-18-10-6-7-11-20(18)27-2/h3-15,24H,1-2H3. The highest BCUT2D eigenvalue weighted by molar-refractivity contribution is 7.99. The molecule has 1 aromatic heterocycles. The number of thioether (sulfide) groups is 1. The number of para-hydroxylation sites is 2. The second kappa shape index (κ2) is 8.41. The fraction of sp³-hybridized carbons (Fsp3) is 0.136. The van der Waals surface area contributed by atoms with Crippen molar-refractivity contribution in [1.29, 1.82) is 0 Å². The van der Waals surface area contributed by atoms with Crippen LogP contribution in [0.3, 0.4) is 0 Å². The molecule has 0 fully saturated rings. The number of hydrogen-bond donors (Lipinski definition) is 1. The third-order valence-electron chi connectivity index (χ3n) is 4.55. The van der Waals surface area contributed by atoms with Gasteiger partial charge in [-0.1, -0.05) is 54.2 Å². The average Bonchev–Trinajstić information content (AvgIpc) is 3.16. The molecule has 4 rings (SSSR count). The van der Waals surface area contributed by atoms with Crippen molar-refractivity contribution in [1.82, 2.24) is 4.98 Å². The van der Waals surface area contributed by atoms with E-state index in [1.54, 1.807) is 30.3 Å². The minimum atomic E-state index is -3.81. The fourth-order valence-corrected chi connectivity index (χ4v) is 4.95. The lowest BCUT2D eigenvalue weighted by atomic mass is 10.2. The summed E-state index contributed by atoms with van der Waals surface area (Å²) >= 11 is 1.48. The summed E-state index contributed by atoms with van der Waals surface area (Å²) in [6.45, 7) is 2.07. The van der Waals surface area contributed by atoms with Crippen LogP contribution in [0.4, 0.5) is 5.69 Å². The van der Waals surface area contributed by atoms with Crippen LogP contribution < -0.4 is 9.46 Å². The van der Waals surface area contributed by atoms with E-state index in [2.05, 4.69) is 28.8 Å². The number of aromatic nitrogens is 1. The van der Waals surface area contributed by atoms with E-state index >= 15 is 0 Å². The number of sulfonamides is 1. The first-order chi connectivity index (χ1) is 14.5. The maximum Gasteiger partial charge on any atom is 0.262 e. The second-order valence-corrected chi connectivity index (χ2v) is 9.56. The summed E-state index contributed by atoms with van der Waals surface area (Å²) in [6, 6.07) is 21.5. The Kier molecular flexibility index (Phi) is 5.69. The van der Waals surface area contributed by atoms with E-state index in [1.807, 2.05) is 18.2 Å². The number of fused-ring (bicyclic) bond motifs is 1. The van der Waals surface area contributed by atoms with Crippen molar-refractivity contribution >= 4 is 38.6 Å². The van der Waals surface area contributed by atoms with Crippen LogP contribution in [0, 0.1) is 0 Å². The normalized spacial score (nSPS) is 12.6. The highest BCUT2D eigenvalue weighted by Gasteiger charge is 2.19. The first-order valence-electron chi connectivity index (χ1n) is 9.24. The Hall–Kier alpha value is -2.97. The van der Waals surface area contributed by atoms with Crippen molar-refractivity contribution in [2.24, 2.45) is 0 Å². The Morgan fingerprint density at radius 1 is 1.03 bits per heavy atom. The molecule has 0 saturated carbocycles. The van der Waals surface area contributed by atoms with E-state index in [0.29, 0.717) is 27.8 Å². The summed E-state index contributed by atoms with van der Waals surface area (Å²) in [5.41, 5.74) is 2.55. The Labute approximate surface area is 179 Å². The Morgan fingerprint density at radius 2 is 1.77 bits per heavy atom. The predicted molar refractivity (Wildman–Crippen MR) is 119 cm³/mol. The zero-order valence-corrected chi connectivity index (χ0v) is 18.0. The summed E-state index contributed by atoms with van der Waals surface area (Å²) in [5, 5.41) is 0.642. The van der Waals surface area contributed by atoms with E-state index < -0.39 is 10.0 Å². The van der Waals surface area contributed by atoms with Gasteiger partial charge in [-0.3, -0.25) is 4.72 Å². The molecule has 1 unspecified atom stereocenters. The number of oxazole rings is 1. The van der Waals surface area contributed by atoms with Gasteiger partial charge in [-0.25, -0.2) is 13.4 Å². The van der Waals surface area contributed by atoms with Gasteiger partial charge in [-0.2, -0.15) is 0 Å². The van der Waals surface area contributed by atoms with Crippen molar-refractivity contribution in [3.05, 3.63) is 78.4 Å². The molecule has 0 amide bonds. The Balaban J connectivity index is 1.59. The lowest BCUT2D eigenvalue weighted by Gasteiger charge is -2.11. The van der Waals surface area contributed by atoms with Gasteiger partial charge >= 0.3 is 0 Å². The molecule has 8 heteroatoms. The third kappa shape index (κ3) is 4.29. The monoisotopic (exact) mass is 440 g/mol. The van der Waals surface area contributed by atoms with E-state index in [0.717, 1.165) is 5.56 Å². The van der Waals surface area contributed by atoms with Crippen LogP contribution in [0.25, 0.3) is 11.1 Å². The summed E-state index contributed by atoms with van der Waals surface area (Å²) < 4.78 is 39.3. The van der Waals surface area contributed by atoms with Gasteiger partial charge < -0.3 is 9.15 Å². The number of ether oxygens (including phenoxy) is 1. The van der Waals surface area contributed by atoms with Gasteiger partial charge in [0.1, 0.15) is 11.3 Å². The lowest BCUT2D eigenvalue weighted by Crippen LogP contribution is -2.13. The summed E-state index contributed by atoms with van der Waals surface area (Å²) in [5.74, 6) is 0.442. The van der Waals surface area contributed by atoms with Gasteiger partial charge in [0.15, 0.2) is 5.58 Å². The molecule has 0 saturated heterocycles. The Bertz CT molecular complexity index is 1270. The van der Waals surface area contributed by atoms with E-state index in [-0.39, 0.29) is 10.1 Å². The zero-order chi connectivity index (χ0) is 21.1. The fourth-order valence-electron chi connectivity index (χ4n) is 2.98. The summed E-state index contributed by atoms with van der Waals surface area (Å²) in [4.78, 5) is 4.57. The smallest absolute Gasteiger partial charge is 0.262 e. The number of hydrogen-bond acceptors (Lipinski definition) is 6. The molecule has 0 aliphatic rings. The van der Waals surface area contributed by atoms with Crippen LogP contribution in [-0.2, 0) is 10.0 Å². The molecule has 0 radical (unpaired) electrons. The lowest BCUT2D eigenvalue weighted by molar-refractivity contribution is 0.417. The molecule has 0 bridgehead atoms. The molecule has 0 spiro atoms. The average molecular weight is 441 g/mol. The predicted octanol–water partition coefficient (Wildman–Crippen LogP) is 5.49. The van der Waals surface area contributed by atoms with Crippen molar-refractivity contribution in [3.63, 3.8) is 0 Å². The number of benzene rings is 3. The zero-order valence-electron chi connectivity index (χ0n) is 16.4. The first kappa shape index (κ1) is 20.3. The molecular weight excluding hydrogens is 420 g/mol. The topological polar surface area (TPSA) is 81.4 Å². The van der Waals surface area contributed by atoms with Gasteiger partial charge in [0.25, 0.3) is 15.2 Å². The molecule has 1 N–H and O–H groups in total. The maximum absolute atomic E-state index is 12.9. The van der Waals surface area contributed by atoms with Crippen LogP contribution in [0.1, 0.15) is 17.7 Å². The SMILES string of the molecule is COc1ccccc1NS(=O)(=O)c1ccc2oc(SC(C)c3ccccc3)nc2c1. The summed E-state index contributed by atoms with van der Waals surface area (Å²) in [7, 11) is -2.32. The summed E-state index contributed by atoms with van der Waals surface area (Å²) in [6.07, 6.45) is 0. The number of nitrogens with zero attached hydrogens (tertiary/aromatic N) is 1. The van der Waals surface area contributed by atoms with E-state index in [4.69, 9.17) is 9.15 Å². The van der Waals surface area contributed by atoms with Crippen LogP contribution in [0.5, 0.6) is 5.75 Å². The van der Waals surface area contributed by atoms with Crippen molar-refractivity contribution in [2.45, 2.75) is 22.3 Å². The number of nitrogens with one attached hydrogen (secondary N) is 1. The van der Waals surface area contributed by atoms with Gasteiger partial charge in [0.2, 0.25) is 0 Å². The van der Waals surface area contributed by atoms with E-state index in [1.165, 1.54) is 31.0 Å². The van der Waals surface area contributed by atoms with Crippen molar-refractivity contribution < 1.29 is 17.6 Å². The molecule has 1 heterocycles. The quantitative estimate of drug-likeness (QED) is 0.383. The molecule has 4 aromatic rings. The molecule has 30 heavy (non-hydrogen) atoms. The highest BCUT2D eigenvalue weighted by Crippen LogP contribution is 2.36. The largest absolute Gasteiger partial charge is 0.495 e. The number of methoxy groups -OCH3 is 1. The third-order valence-corrected chi connectivity index (χ3v) is 6.91. The first-order valence-corrected chi connectivity index (χ1v) is 11.6. The molecule has 1 atom stereocenters. The van der Waals surface area contributed by atoms with Gasteiger partial charge in [-0.15, -0.1) is 0 Å². The molecule has 0 aliphatic carbocycles. The molecular formula is C22H20N2O4S2. The molecule has 6 nitrogen and oxygen atoms in total. The van der Waals surface area contributed by atoms with Crippen LogP contribution in [0.15, 0.2) is 87.3 Å². The van der Waals surface area contributed by atoms with Gasteiger partial charge in [0.05, 0.1) is 17.7 Å². The molecule has 3 aromatic carbocycles. The van der Waals surface area contributed by atoms with Crippen LogP contribution in [-0.4, -0.2) is 20.5 Å². The Morgan fingerprint density at radius 3 is 2.53 bits per heavy atom.